The maximum absolute atomic E-state index is 12.6. The van der Waals surface area contributed by atoms with E-state index >= 15 is 0 Å². The lowest BCUT2D eigenvalue weighted by Crippen LogP contribution is -2.53. The second-order valence-corrected chi connectivity index (χ2v) is 11.2. The summed E-state index contributed by atoms with van der Waals surface area (Å²) in [6.45, 7) is 2.92. The number of carboxylic acids is 1. The smallest absolute Gasteiger partial charge is 0.329 e. The first-order valence-electron chi connectivity index (χ1n) is 13.3. The van der Waals surface area contributed by atoms with E-state index in [4.69, 9.17) is 16.3 Å². The van der Waals surface area contributed by atoms with Crippen molar-refractivity contribution < 1.29 is 14.6 Å². The molecule has 0 radical (unpaired) electrons. The predicted octanol–water partition coefficient (Wildman–Crippen LogP) is 7.15. The van der Waals surface area contributed by atoms with Gasteiger partial charge < -0.3 is 15.2 Å². The van der Waals surface area contributed by atoms with Gasteiger partial charge in [0.1, 0.15) is 11.3 Å². The van der Waals surface area contributed by atoms with Crippen molar-refractivity contribution in [3.8, 4) is 5.75 Å². The van der Waals surface area contributed by atoms with E-state index in [0.29, 0.717) is 36.3 Å². The molecule has 0 bridgehead atoms. The number of aromatic nitrogens is 1. The summed E-state index contributed by atoms with van der Waals surface area (Å²) in [6.07, 6.45) is 9.51. The van der Waals surface area contributed by atoms with E-state index < -0.39 is 11.5 Å². The zero-order chi connectivity index (χ0) is 25.9. The Morgan fingerprint density at radius 3 is 2.57 bits per heavy atom. The molecule has 5 rings (SSSR count). The Hall–Kier alpha value is -3.05. The van der Waals surface area contributed by atoms with Crippen molar-refractivity contribution in [1.29, 1.82) is 0 Å². The zero-order valence-electron chi connectivity index (χ0n) is 21.3. The number of hydrogen-bond donors (Lipinski definition) is 2. The summed E-state index contributed by atoms with van der Waals surface area (Å²) >= 11 is 6.19. The van der Waals surface area contributed by atoms with Crippen LogP contribution in [-0.4, -0.2) is 28.2 Å². The monoisotopic (exact) mass is 518 g/mol. The lowest BCUT2D eigenvalue weighted by atomic mass is 9.59. The first-order valence-corrected chi connectivity index (χ1v) is 13.7. The van der Waals surface area contributed by atoms with E-state index in [1.54, 1.807) is 24.5 Å². The predicted molar refractivity (Wildman–Crippen MR) is 147 cm³/mol. The SMILES string of the molecule is CC[C@@H](COc1ccncc1)CC1Cc2ccccc2C12CCC(Nc1cccc(Cl)c1)(C(=O)O)CC2. The zero-order valence-corrected chi connectivity index (χ0v) is 22.1. The molecule has 2 aliphatic rings. The van der Waals surface area contributed by atoms with Gasteiger partial charge in [0.05, 0.1) is 6.61 Å². The number of halogens is 1. The third kappa shape index (κ3) is 5.19. The first-order chi connectivity index (χ1) is 17.9. The second kappa shape index (κ2) is 10.7. The topological polar surface area (TPSA) is 71.5 Å². The van der Waals surface area contributed by atoms with Crippen LogP contribution in [0.4, 0.5) is 5.69 Å². The lowest BCUT2D eigenvalue weighted by Gasteiger charge is -2.47. The molecule has 1 fully saturated rings. The van der Waals surface area contributed by atoms with Crippen molar-refractivity contribution in [2.24, 2.45) is 11.8 Å². The number of nitrogens with one attached hydrogen (secondary N) is 1. The molecule has 1 spiro atoms. The van der Waals surface area contributed by atoms with E-state index in [1.165, 1.54) is 11.1 Å². The maximum atomic E-state index is 12.6. The molecule has 1 aromatic heterocycles. The third-order valence-electron chi connectivity index (χ3n) is 8.75. The number of ether oxygens (including phenoxy) is 1. The van der Waals surface area contributed by atoms with E-state index in [2.05, 4.69) is 41.5 Å². The van der Waals surface area contributed by atoms with Crippen LogP contribution in [0.3, 0.4) is 0 Å². The Bertz CT molecular complexity index is 1220. The second-order valence-electron chi connectivity index (χ2n) is 10.7. The van der Waals surface area contributed by atoms with Gasteiger partial charge in [0.2, 0.25) is 0 Å². The molecule has 194 valence electrons. The molecule has 37 heavy (non-hydrogen) atoms. The van der Waals surface area contributed by atoms with Gasteiger partial charge in [-0.25, -0.2) is 4.79 Å². The highest BCUT2D eigenvalue weighted by atomic mass is 35.5. The molecular weight excluding hydrogens is 484 g/mol. The quantitative estimate of drug-likeness (QED) is 0.314. The molecule has 2 aliphatic carbocycles. The van der Waals surface area contributed by atoms with Crippen LogP contribution in [0.2, 0.25) is 5.02 Å². The Kier molecular flexibility index (Phi) is 7.43. The molecular formula is C31H35ClN2O3. The van der Waals surface area contributed by atoms with Crippen LogP contribution in [0, 0.1) is 11.8 Å². The van der Waals surface area contributed by atoms with Gasteiger partial charge in [-0.05, 0) is 97.2 Å². The summed E-state index contributed by atoms with van der Waals surface area (Å²) in [4.78, 5) is 16.7. The summed E-state index contributed by atoms with van der Waals surface area (Å²) in [5.41, 5.74) is 2.60. The highest BCUT2D eigenvalue weighted by molar-refractivity contribution is 6.30. The van der Waals surface area contributed by atoms with E-state index in [0.717, 1.165) is 43.5 Å². The molecule has 0 amide bonds. The number of benzene rings is 2. The molecule has 6 heteroatoms. The molecule has 1 unspecified atom stereocenters. The van der Waals surface area contributed by atoms with Gasteiger partial charge in [0.25, 0.3) is 0 Å². The number of rotatable bonds is 9. The molecule has 1 saturated carbocycles. The highest BCUT2D eigenvalue weighted by Crippen LogP contribution is 2.56. The molecule has 0 aliphatic heterocycles. The van der Waals surface area contributed by atoms with Crippen LogP contribution in [0.15, 0.2) is 73.1 Å². The number of nitrogens with zero attached hydrogens (tertiary/aromatic N) is 1. The molecule has 2 N–H and O–H groups in total. The van der Waals surface area contributed by atoms with Gasteiger partial charge in [0.15, 0.2) is 0 Å². The molecule has 3 aromatic rings. The van der Waals surface area contributed by atoms with Crippen molar-refractivity contribution in [1.82, 2.24) is 4.98 Å². The minimum Gasteiger partial charge on any atom is -0.493 e. The summed E-state index contributed by atoms with van der Waals surface area (Å²) in [5.74, 6) is 0.963. The van der Waals surface area contributed by atoms with Crippen LogP contribution < -0.4 is 10.1 Å². The van der Waals surface area contributed by atoms with Crippen LogP contribution in [0.1, 0.15) is 56.6 Å². The number of pyridine rings is 1. The van der Waals surface area contributed by atoms with E-state index in [-0.39, 0.29) is 5.41 Å². The normalized spacial score (nSPS) is 25.4. The minimum absolute atomic E-state index is 0.00432. The molecule has 0 saturated heterocycles. The lowest BCUT2D eigenvalue weighted by molar-refractivity contribution is -0.144. The van der Waals surface area contributed by atoms with Gasteiger partial charge in [-0.3, -0.25) is 4.98 Å². The average molecular weight is 519 g/mol. The standard InChI is InChI=1S/C31H35ClN2O3/c1-2-22(21-37-27-10-16-33-17-11-27)18-24-19-23-6-3-4-9-28(23)30(24)12-14-31(15-13-30,29(35)36)34-26-8-5-7-25(32)20-26/h3-11,16-17,20,22,24,34H,2,12-15,18-19,21H2,1H3,(H,35,36)/t22-,24?,30?,31?/m1/s1. The fraction of sp³-hybridized carbons (Fsp3) is 0.419. The van der Waals surface area contributed by atoms with Crippen LogP contribution in [-0.2, 0) is 16.6 Å². The Morgan fingerprint density at radius 1 is 1.11 bits per heavy atom. The summed E-state index contributed by atoms with van der Waals surface area (Å²) in [6, 6.07) is 20.0. The van der Waals surface area contributed by atoms with Crippen molar-refractivity contribution in [3.05, 3.63) is 89.2 Å². The van der Waals surface area contributed by atoms with Crippen molar-refractivity contribution in [3.63, 3.8) is 0 Å². The number of hydrogen-bond acceptors (Lipinski definition) is 4. The summed E-state index contributed by atoms with van der Waals surface area (Å²) < 4.78 is 6.12. The fourth-order valence-electron chi connectivity index (χ4n) is 6.61. The summed E-state index contributed by atoms with van der Waals surface area (Å²) in [7, 11) is 0. The van der Waals surface area contributed by atoms with Crippen molar-refractivity contribution >= 4 is 23.3 Å². The van der Waals surface area contributed by atoms with Crippen LogP contribution in [0.5, 0.6) is 5.75 Å². The molecule has 5 nitrogen and oxygen atoms in total. The molecule has 2 aromatic carbocycles. The summed E-state index contributed by atoms with van der Waals surface area (Å²) in [5, 5.41) is 14.3. The number of carboxylic acid groups (broad SMARTS) is 1. The maximum Gasteiger partial charge on any atom is 0.329 e. The van der Waals surface area contributed by atoms with Crippen molar-refractivity contribution in [2.45, 2.75) is 62.8 Å². The molecule has 1 heterocycles. The minimum atomic E-state index is -0.993. The first kappa shape index (κ1) is 25.6. The fourth-order valence-corrected chi connectivity index (χ4v) is 6.80. The van der Waals surface area contributed by atoms with E-state index in [1.807, 2.05) is 24.3 Å². The Balaban J connectivity index is 1.36. The number of fused-ring (bicyclic) bond motifs is 2. The highest BCUT2D eigenvalue weighted by Gasteiger charge is 2.54. The number of anilines is 1. The van der Waals surface area contributed by atoms with Gasteiger partial charge in [-0.1, -0.05) is 55.3 Å². The largest absolute Gasteiger partial charge is 0.493 e. The van der Waals surface area contributed by atoms with E-state index in [9.17, 15) is 9.90 Å². The van der Waals surface area contributed by atoms with Gasteiger partial charge in [0, 0.05) is 23.1 Å². The Labute approximate surface area is 224 Å². The third-order valence-corrected chi connectivity index (χ3v) is 8.98. The van der Waals surface area contributed by atoms with Gasteiger partial charge >= 0.3 is 5.97 Å². The Morgan fingerprint density at radius 2 is 1.86 bits per heavy atom. The number of carbonyl (C=O) groups is 1. The van der Waals surface area contributed by atoms with Gasteiger partial charge in [-0.15, -0.1) is 0 Å². The van der Waals surface area contributed by atoms with Crippen LogP contribution in [0.25, 0.3) is 0 Å². The average Bonchev–Trinajstić information content (AvgIpc) is 3.21. The molecule has 2 atom stereocenters. The number of aliphatic carboxylic acids is 1. The van der Waals surface area contributed by atoms with Crippen LogP contribution >= 0.6 is 11.6 Å². The van der Waals surface area contributed by atoms with Crippen molar-refractivity contribution in [2.75, 3.05) is 11.9 Å². The van der Waals surface area contributed by atoms with Gasteiger partial charge in [-0.2, -0.15) is 0 Å².